The normalized spacial score (nSPS) is 28.6. The molecule has 19 heavy (non-hydrogen) atoms. The Balaban J connectivity index is 1.69. The second-order valence-corrected chi connectivity index (χ2v) is 5.60. The summed E-state index contributed by atoms with van der Waals surface area (Å²) in [7, 11) is 0. The second kappa shape index (κ2) is 5.95. The van der Waals surface area contributed by atoms with Gasteiger partial charge < -0.3 is 4.74 Å². The summed E-state index contributed by atoms with van der Waals surface area (Å²) in [6.45, 7) is 1.79. The van der Waals surface area contributed by atoms with Crippen molar-refractivity contribution >= 4 is 17.3 Å². The standard InChI is InChI=1S/C15H22O4/c1-2-11(16)6-7-12(17)8-9-13(18)15-10-4-3-5-14(15)19-15/h14H,2-10H2,1H3. The summed E-state index contributed by atoms with van der Waals surface area (Å²) < 4.78 is 5.56. The highest BCUT2D eigenvalue weighted by Gasteiger charge is 2.61. The monoisotopic (exact) mass is 266 g/mol. The number of rotatable bonds is 8. The van der Waals surface area contributed by atoms with E-state index in [1.165, 1.54) is 0 Å². The Bertz CT molecular complexity index is 388. The molecule has 0 aromatic rings. The minimum absolute atomic E-state index is 0.0135. The van der Waals surface area contributed by atoms with Gasteiger partial charge in [-0.25, -0.2) is 0 Å². The summed E-state index contributed by atoms with van der Waals surface area (Å²) >= 11 is 0. The molecule has 2 unspecified atom stereocenters. The van der Waals surface area contributed by atoms with Crippen molar-refractivity contribution in [1.82, 2.24) is 0 Å². The maximum atomic E-state index is 12.1. The molecule has 106 valence electrons. The molecule has 2 aliphatic rings. The topological polar surface area (TPSA) is 63.7 Å². The largest absolute Gasteiger partial charge is 0.358 e. The van der Waals surface area contributed by atoms with Gasteiger partial charge in [0.05, 0.1) is 6.10 Å². The van der Waals surface area contributed by atoms with Crippen molar-refractivity contribution in [3.8, 4) is 0 Å². The first-order valence-corrected chi connectivity index (χ1v) is 7.33. The van der Waals surface area contributed by atoms with E-state index in [1.54, 1.807) is 6.92 Å². The van der Waals surface area contributed by atoms with Gasteiger partial charge in [0, 0.05) is 32.1 Å². The number of carbonyl (C=O) groups is 3. The smallest absolute Gasteiger partial charge is 0.167 e. The SMILES string of the molecule is CCC(=O)CCC(=O)CCC(=O)C12CCCCC1O2. The van der Waals surface area contributed by atoms with Gasteiger partial charge in [-0.15, -0.1) is 0 Å². The number of fused-ring (bicyclic) bond motifs is 1. The Morgan fingerprint density at radius 2 is 1.74 bits per heavy atom. The molecule has 2 atom stereocenters. The van der Waals surface area contributed by atoms with E-state index < -0.39 is 5.60 Å². The van der Waals surface area contributed by atoms with Crippen LogP contribution < -0.4 is 0 Å². The molecule has 0 spiro atoms. The highest BCUT2D eigenvalue weighted by atomic mass is 16.6. The molecule has 1 aliphatic heterocycles. The van der Waals surface area contributed by atoms with Gasteiger partial charge in [-0.1, -0.05) is 13.3 Å². The van der Waals surface area contributed by atoms with E-state index in [0.29, 0.717) is 12.8 Å². The van der Waals surface area contributed by atoms with Crippen molar-refractivity contribution < 1.29 is 19.1 Å². The molecule has 0 aromatic heterocycles. The van der Waals surface area contributed by atoms with Crippen LogP contribution in [0.2, 0.25) is 0 Å². The molecule has 1 saturated heterocycles. The molecule has 0 bridgehead atoms. The molecular formula is C15H22O4. The van der Waals surface area contributed by atoms with E-state index in [4.69, 9.17) is 4.74 Å². The van der Waals surface area contributed by atoms with E-state index in [0.717, 1.165) is 25.7 Å². The summed E-state index contributed by atoms with van der Waals surface area (Å²) in [6.07, 6.45) is 5.69. The first-order chi connectivity index (χ1) is 9.08. The van der Waals surface area contributed by atoms with Crippen LogP contribution in [-0.4, -0.2) is 29.1 Å². The van der Waals surface area contributed by atoms with Crippen molar-refractivity contribution in [1.29, 1.82) is 0 Å². The van der Waals surface area contributed by atoms with Crippen LogP contribution in [0.3, 0.4) is 0 Å². The Hall–Kier alpha value is -1.03. The summed E-state index contributed by atoms with van der Waals surface area (Å²) in [5.41, 5.74) is -0.530. The van der Waals surface area contributed by atoms with Crippen LogP contribution in [0, 0.1) is 0 Å². The van der Waals surface area contributed by atoms with Gasteiger partial charge in [0.2, 0.25) is 0 Å². The molecule has 1 aliphatic carbocycles. The second-order valence-electron chi connectivity index (χ2n) is 5.60. The number of epoxide rings is 1. The Labute approximate surface area is 113 Å². The van der Waals surface area contributed by atoms with Gasteiger partial charge >= 0.3 is 0 Å². The van der Waals surface area contributed by atoms with Crippen LogP contribution in [0.15, 0.2) is 0 Å². The van der Waals surface area contributed by atoms with Gasteiger partial charge in [0.25, 0.3) is 0 Å². The molecular weight excluding hydrogens is 244 g/mol. The number of carbonyl (C=O) groups excluding carboxylic acids is 3. The third-order valence-electron chi connectivity index (χ3n) is 4.26. The third-order valence-corrected chi connectivity index (χ3v) is 4.26. The van der Waals surface area contributed by atoms with Crippen molar-refractivity contribution in [2.24, 2.45) is 0 Å². The zero-order valence-electron chi connectivity index (χ0n) is 11.6. The lowest BCUT2D eigenvalue weighted by Gasteiger charge is -2.15. The van der Waals surface area contributed by atoms with Crippen molar-refractivity contribution in [2.45, 2.75) is 76.4 Å². The number of hydrogen-bond acceptors (Lipinski definition) is 4. The Morgan fingerprint density at radius 1 is 1.05 bits per heavy atom. The van der Waals surface area contributed by atoms with Crippen molar-refractivity contribution in [3.05, 3.63) is 0 Å². The van der Waals surface area contributed by atoms with Gasteiger partial charge in [-0.05, 0) is 19.3 Å². The molecule has 1 saturated carbocycles. The quantitative estimate of drug-likeness (QED) is 0.633. The summed E-state index contributed by atoms with van der Waals surface area (Å²) in [6, 6.07) is 0. The fourth-order valence-electron chi connectivity index (χ4n) is 2.88. The highest BCUT2D eigenvalue weighted by molar-refractivity contribution is 5.94. The van der Waals surface area contributed by atoms with E-state index in [9.17, 15) is 14.4 Å². The molecule has 4 heteroatoms. The molecule has 0 amide bonds. The molecule has 2 fully saturated rings. The lowest BCUT2D eigenvalue weighted by atomic mass is 9.84. The van der Waals surface area contributed by atoms with Gasteiger partial charge in [-0.2, -0.15) is 0 Å². The molecule has 1 heterocycles. The minimum Gasteiger partial charge on any atom is -0.358 e. The average Bonchev–Trinajstić information content (AvgIpc) is 3.17. The third kappa shape index (κ3) is 3.30. The maximum Gasteiger partial charge on any atom is 0.167 e. The van der Waals surface area contributed by atoms with Crippen LogP contribution >= 0.6 is 0 Å². The Kier molecular flexibility index (Phi) is 4.50. The molecule has 2 rings (SSSR count). The summed E-state index contributed by atoms with van der Waals surface area (Å²) in [5, 5.41) is 0. The number of ether oxygens (including phenoxy) is 1. The molecule has 0 radical (unpaired) electrons. The van der Waals surface area contributed by atoms with Gasteiger partial charge in [-0.3, -0.25) is 14.4 Å². The minimum atomic E-state index is -0.530. The molecule has 4 nitrogen and oxygen atoms in total. The summed E-state index contributed by atoms with van der Waals surface area (Å²) in [5.74, 6) is 0.211. The van der Waals surface area contributed by atoms with Gasteiger partial charge in [0.1, 0.15) is 11.6 Å². The van der Waals surface area contributed by atoms with Crippen molar-refractivity contribution in [3.63, 3.8) is 0 Å². The zero-order chi connectivity index (χ0) is 13.9. The van der Waals surface area contributed by atoms with E-state index >= 15 is 0 Å². The fraction of sp³-hybridized carbons (Fsp3) is 0.800. The Morgan fingerprint density at radius 3 is 2.42 bits per heavy atom. The van der Waals surface area contributed by atoms with E-state index in [1.807, 2.05) is 0 Å². The number of ketones is 3. The van der Waals surface area contributed by atoms with Gasteiger partial charge in [0.15, 0.2) is 11.4 Å². The lowest BCUT2D eigenvalue weighted by Crippen LogP contribution is -2.30. The fourth-order valence-corrected chi connectivity index (χ4v) is 2.88. The van der Waals surface area contributed by atoms with Crippen LogP contribution in [0.4, 0.5) is 0 Å². The van der Waals surface area contributed by atoms with Crippen LogP contribution in [0.5, 0.6) is 0 Å². The van der Waals surface area contributed by atoms with E-state index in [-0.39, 0.29) is 42.7 Å². The summed E-state index contributed by atoms with van der Waals surface area (Å²) in [4.78, 5) is 34.9. The maximum absolute atomic E-state index is 12.1. The van der Waals surface area contributed by atoms with Crippen LogP contribution in [0.25, 0.3) is 0 Å². The van der Waals surface area contributed by atoms with Crippen LogP contribution in [-0.2, 0) is 19.1 Å². The van der Waals surface area contributed by atoms with Crippen molar-refractivity contribution in [2.75, 3.05) is 0 Å². The number of hydrogen-bond donors (Lipinski definition) is 0. The van der Waals surface area contributed by atoms with E-state index in [2.05, 4.69) is 0 Å². The number of Topliss-reactive ketones (excluding diaryl/α,β-unsaturated/α-hetero) is 3. The first kappa shape index (κ1) is 14.4. The zero-order valence-corrected chi connectivity index (χ0v) is 11.6. The highest BCUT2D eigenvalue weighted by Crippen LogP contribution is 2.49. The molecule has 0 aromatic carbocycles. The first-order valence-electron chi connectivity index (χ1n) is 7.33. The predicted octanol–water partition coefficient (Wildman–Crippen LogP) is 2.38. The molecule has 0 N–H and O–H groups in total. The predicted molar refractivity (Wildman–Crippen MR) is 69.9 cm³/mol. The van der Waals surface area contributed by atoms with Crippen LogP contribution in [0.1, 0.15) is 64.7 Å². The lowest BCUT2D eigenvalue weighted by molar-refractivity contribution is -0.128. The average molecular weight is 266 g/mol.